The van der Waals surface area contributed by atoms with Crippen LogP contribution in [0.5, 0.6) is 0 Å². The quantitative estimate of drug-likeness (QED) is 0.927. The molecule has 0 aliphatic carbocycles. The number of nitrogens with zero attached hydrogens (tertiary/aromatic N) is 3. The zero-order chi connectivity index (χ0) is 15.7. The van der Waals surface area contributed by atoms with Crippen LogP contribution in [-0.2, 0) is 6.18 Å². The van der Waals surface area contributed by atoms with Crippen LogP contribution in [0.15, 0.2) is 18.2 Å². The summed E-state index contributed by atoms with van der Waals surface area (Å²) in [5, 5.41) is 11.9. The lowest BCUT2D eigenvalue weighted by Crippen LogP contribution is -2.62. The Morgan fingerprint density at radius 2 is 1.95 bits per heavy atom. The Hall–Kier alpha value is -1.78. The van der Waals surface area contributed by atoms with Crippen molar-refractivity contribution >= 4 is 5.69 Å². The highest BCUT2D eigenvalue weighted by atomic mass is 19.4. The van der Waals surface area contributed by atoms with Gasteiger partial charge < -0.3 is 5.32 Å². The van der Waals surface area contributed by atoms with Gasteiger partial charge in [0.05, 0.1) is 17.2 Å². The topological polar surface area (TPSA) is 42.3 Å². The van der Waals surface area contributed by atoms with Gasteiger partial charge in [-0.2, -0.15) is 18.4 Å². The van der Waals surface area contributed by atoms with Crippen LogP contribution in [0.1, 0.15) is 11.1 Å². The fourth-order valence-corrected chi connectivity index (χ4v) is 3.14. The summed E-state index contributed by atoms with van der Waals surface area (Å²) in [6, 6.07) is 5.70. The van der Waals surface area contributed by atoms with Gasteiger partial charge in [-0.15, -0.1) is 0 Å². The molecule has 2 bridgehead atoms. The molecule has 3 aliphatic heterocycles. The first kappa shape index (κ1) is 15.1. The summed E-state index contributed by atoms with van der Waals surface area (Å²) in [6.07, 6.45) is -4.51. The molecule has 3 heterocycles. The molecule has 1 aromatic rings. The number of fused-ring (bicyclic) bond motifs is 3. The lowest BCUT2D eigenvalue weighted by molar-refractivity contribution is -0.137. The highest BCUT2D eigenvalue weighted by Gasteiger charge is 2.34. The summed E-state index contributed by atoms with van der Waals surface area (Å²) >= 11 is 0. The number of halogens is 3. The van der Waals surface area contributed by atoms with E-state index in [9.17, 15) is 13.2 Å². The van der Waals surface area contributed by atoms with Crippen LogP contribution in [0.2, 0.25) is 0 Å². The molecule has 22 heavy (non-hydrogen) atoms. The Balaban J connectivity index is 1.69. The molecule has 4 nitrogen and oxygen atoms in total. The van der Waals surface area contributed by atoms with E-state index in [1.54, 1.807) is 6.07 Å². The van der Waals surface area contributed by atoms with Crippen molar-refractivity contribution in [2.24, 2.45) is 0 Å². The predicted molar refractivity (Wildman–Crippen MR) is 76.4 cm³/mol. The lowest BCUT2D eigenvalue weighted by atomic mass is 10.1. The largest absolute Gasteiger partial charge is 0.417 e. The molecule has 7 heteroatoms. The molecule has 4 rings (SSSR count). The zero-order valence-corrected chi connectivity index (χ0v) is 12.0. The van der Waals surface area contributed by atoms with Crippen molar-refractivity contribution in [1.29, 1.82) is 5.26 Å². The second-order valence-electron chi connectivity index (χ2n) is 5.74. The number of anilines is 1. The van der Waals surface area contributed by atoms with Crippen LogP contribution in [0.25, 0.3) is 0 Å². The first-order chi connectivity index (χ1) is 10.5. The third kappa shape index (κ3) is 3.03. The third-order valence-corrected chi connectivity index (χ3v) is 4.38. The minimum absolute atomic E-state index is 0.326. The van der Waals surface area contributed by atoms with Gasteiger partial charge in [-0.3, -0.25) is 9.80 Å². The molecule has 3 aliphatic rings. The van der Waals surface area contributed by atoms with Gasteiger partial charge >= 0.3 is 6.18 Å². The fraction of sp³-hybridized carbons (Fsp3) is 0.533. The summed E-state index contributed by atoms with van der Waals surface area (Å²) in [7, 11) is 0. The van der Waals surface area contributed by atoms with E-state index in [-0.39, 0.29) is 5.56 Å². The summed E-state index contributed by atoms with van der Waals surface area (Å²) in [6.45, 7) is 5.76. The SMILES string of the molecule is N#Cc1ccc(NCC2CN3CCN2CC3)cc1C(F)(F)F. The minimum atomic E-state index is -4.51. The molecule has 0 radical (unpaired) electrons. The summed E-state index contributed by atoms with van der Waals surface area (Å²) in [4.78, 5) is 4.76. The summed E-state index contributed by atoms with van der Waals surface area (Å²) in [5.41, 5.74) is -0.817. The van der Waals surface area contributed by atoms with Crippen LogP contribution >= 0.6 is 0 Å². The Morgan fingerprint density at radius 1 is 1.23 bits per heavy atom. The predicted octanol–water partition coefficient (Wildman–Crippen LogP) is 1.99. The van der Waals surface area contributed by atoms with Gasteiger partial charge in [-0.25, -0.2) is 0 Å². The average molecular weight is 310 g/mol. The van der Waals surface area contributed by atoms with E-state index in [0.717, 1.165) is 38.8 Å². The van der Waals surface area contributed by atoms with E-state index in [0.29, 0.717) is 18.3 Å². The highest BCUT2D eigenvalue weighted by molar-refractivity contribution is 5.53. The van der Waals surface area contributed by atoms with Gasteiger partial charge in [0.1, 0.15) is 0 Å². The van der Waals surface area contributed by atoms with Gasteiger partial charge in [0.15, 0.2) is 0 Å². The smallest absolute Gasteiger partial charge is 0.383 e. The van der Waals surface area contributed by atoms with Crippen molar-refractivity contribution in [1.82, 2.24) is 9.80 Å². The van der Waals surface area contributed by atoms with Crippen molar-refractivity contribution in [3.05, 3.63) is 29.3 Å². The van der Waals surface area contributed by atoms with Crippen LogP contribution in [0.4, 0.5) is 18.9 Å². The zero-order valence-electron chi connectivity index (χ0n) is 12.0. The van der Waals surface area contributed by atoms with E-state index >= 15 is 0 Å². The van der Waals surface area contributed by atoms with Gasteiger partial charge in [0.2, 0.25) is 0 Å². The highest BCUT2D eigenvalue weighted by Crippen LogP contribution is 2.33. The summed E-state index contributed by atoms with van der Waals surface area (Å²) in [5.74, 6) is 0. The van der Waals surface area contributed by atoms with Crippen molar-refractivity contribution in [3.63, 3.8) is 0 Å². The number of hydrogen-bond donors (Lipinski definition) is 1. The molecule has 0 saturated carbocycles. The monoisotopic (exact) mass is 310 g/mol. The molecule has 1 atom stereocenters. The number of nitrogens with one attached hydrogen (secondary N) is 1. The summed E-state index contributed by atoms with van der Waals surface area (Å²) < 4.78 is 38.8. The molecular formula is C15H17F3N4. The van der Waals surface area contributed by atoms with Crippen molar-refractivity contribution in [3.8, 4) is 6.07 Å². The Kier molecular flexibility index (Phi) is 3.98. The number of hydrogen-bond acceptors (Lipinski definition) is 4. The van der Waals surface area contributed by atoms with E-state index in [1.807, 2.05) is 0 Å². The molecule has 1 unspecified atom stereocenters. The number of rotatable bonds is 3. The molecule has 118 valence electrons. The van der Waals surface area contributed by atoms with Crippen LogP contribution in [0.3, 0.4) is 0 Å². The maximum absolute atomic E-state index is 12.9. The molecule has 0 spiro atoms. The standard InChI is InChI=1S/C15H17F3N4/c16-15(17,18)14-7-12(2-1-11(14)8-19)20-9-13-10-21-3-5-22(13)6-4-21/h1-2,7,13,20H,3-6,9-10H2. The molecule has 0 aromatic heterocycles. The Bertz CT molecular complexity index is 585. The van der Waals surface area contributed by atoms with Crippen LogP contribution < -0.4 is 5.32 Å². The van der Waals surface area contributed by atoms with E-state index < -0.39 is 11.7 Å². The number of benzene rings is 1. The molecule has 1 N–H and O–H groups in total. The molecule has 0 amide bonds. The van der Waals surface area contributed by atoms with Crippen molar-refractivity contribution in [2.75, 3.05) is 44.6 Å². The second kappa shape index (κ2) is 5.78. The first-order valence-corrected chi connectivity index (χ1v) is 7.29. The lowest BCUT2D eigenvalue weighted by Gasteiger charge is -2.47. The molecule has 1 aromatic carbocycles. The van der Waals surface area contributed by atoms with E-state index in [1.165, 1.54) is 12.1 Å². The van der Waals surface area contributed by atoms with Crippen LogP contribution in [0, 0.1) is 11.3 Å². The first-order valence-electron chi connectivity index (χ1n) is 7.29. The Labute approximate surface area is 127 Å². The third-order valence-electron chi connectivity index (χ3n) is 4.38. The van der Waals surface area contributed by atoms with Crippen molar-refractivity contribution in [2.45, 2.75) is 12.2 Å². The molecular weight excluding hydrogens is 293 g/mol. The number of nitriles is 1. The second-order valence-corrected chi connectivity index (χ2v) is 5.74. The van der Waals surface area contributed by atoms with Gasteiger partial charge in [-0.05, 0) is 18.2 Å². The fourth-order valence-electron chi connectivity index (χ4n) is 3.14. The maximum atomic E-state index is 12.9. The number of alkyl halides is 3. The average Bonchev–Trinajstić information content (AvgIpc) is 2.53. The van der Waals surface area contributed by atoms with Crippen molar-refractivity contribution < 1.29 is 13.2 Å². The van der Waals surface area contributed by atoms with E-state index in [4.69, 9.17) is 5.26 Å². The normalized spacial score (nSPS) is 27.5. The van der Waals surface area contributed by atoms with Gasteiger partial charge in [0.25, 0.3) is 0 Å². The van der Waals surface area contributed by atoms with Gasteiger partial charge in [-0.1, -0.05) is 0 Å². The molecule has 3 saturated heterocycles. The minimum Gasteiger partial charge on any atom is -0.383 e. The van der Waals surface area contributed by atoms with Crippen LogP contribution in [-0.4, -0.2) is 55.1 Å². The molecule has 3 fully saturated rings. The number of piperazine rings is 3. The maximum Gasteiger partial charge on any atom is 0.417 e. The Morgan fingerprint density at radius 3 is 2.50 bits per heavy atom. The van der Waals surface area contributed by atoms with Gasteiger partial charge in [0, 0.05) is 51.0 Å². The van der Waals surface area contributed by atoms with E-state index in [2.05, 4.69) is 15.1 Å².